The Hall–Kier alpha value is -1.23. The standard InChI is InChI=1S/C15H23BrN2O2/c1-4-5-6-7-17-15(19)11(2)18-13-8-12(16)9-14(10-13)20-3/h8-11,18H,4-7H2,1-3H3,(H,17,19). The molecular weight excluding hydrogens is 320 g/mol. The zero-order valence-corrected chi connectivity index (χ0v) is 13.9. The fraction of sp³-hybridized carbons (Fsp3) is 0.533. The van der Waals surface area contributed by atoms with Crippen LogP contribution >= 0.6 is 15.9 Å². The van der Waals surface area contributed by atoms with Crippen molar-refractivity contribution in [2.75, 3.05) is 19.0 Å². The van der Waals surface area contributed by atoms with Crippen LogP contribution in [-0.4, -0.2) is 25.6 Å². The zero-order valence-electron chi connectivity index (χ0n) is 12.3. The molecule has 1 unspecified atom stereocenters. The van der Waals surface area contributed by atoms with Gasteiger partial charge in [0.1, 0.15) is 11.8 Å². The summed E-state index contributed by atoms with van der Waals surface area (Å²) in [6, 6.07) is 5.38. The van der Waals surface area contributed by atoms with E-state index in [0.29, 0.717) is 0 Å². The van der Waals surface area contributed by atoms with Gasteiger partial charge in [-0.1, -0.05) is 35.7 Å². The molecule has 5 heteroatoms. The van der Waals surface area contributed by atoms with Crippen molar-refractivity contribution in [3.63, 3.8) is 0 Å². The summed E-state index contributed by atoms with van der Waals surface area (Å²) in [6.45, 7) is 4.73. The van der Waals surface area contributed by atoms with E-state index in [1.165, 1.54) is 0 Å². The van der Waals surface area contributed by atoms with Crippen molar-refractivity contribution in [3.05, 3.63) is 22.7 Å². The minimum Gasteiger partial charge on any atom is -0.497 e. The number of benzene rings is 1. The normalized spacial score (nSPS) is 11.8. The van der Waals surface area contributed by atoms with Gasteiger partial charge in [-0.2, -0.15) is 0 Å². The van der Waals surface area contributed by atoms with Crippen LogP contribution in [0.15, 0.2) is 22.7 Å². The van der Waals surface area contributed by atoms with Crippen LogP contribution in [0, 0.1) is 0 Å². The number of halogens is 1. The van der Waals surface area contributed by atoms with Gasteiger partial charge in [0.05, 0.1) is 7.11 Å². The fourth-order valence-corrected chi connectivity index (χ4v) is 2.29. The Kier molecular flexibility index (Phi) is 7.44. The van der Waals surface area contributed by atoms with Gasteiger partial charge < -0.3 is 15.4 Å². The molecule has 0 radical (unpaired) electrons. The Balaban J connectivity index is 2.50. The summed E-state index contributed by atoms with van der Waals surface area (Å²) in [5.74, 6) is 0.762. The predicted molar refractivity (Wildman–Crippen MR) is 86.3 cm³/mol. The van der Waals surface area contributed by atoms with Crippen LogP contribution in [0.25, 0.3) is 0 Å². The average Bonchev–Trinajstić information content (AvgIpc) is 2.42. The summed E-state index contributed by atoms with van der Waals surface area (Å²) in [7, 11) is 1.62. The summed E-state index contributed by atoms with van der Waals surface area (Å²) < 4.78 is 6.11. The number of carbonyl (C=O) groups excluding carboxylic acids is 1. The van der Waals surface area contributed by atoms with E-state index in [9.17, 15) is 4.79 Å². The first kappa shape index (κ1) is 16.8. The molecule has 0 aliphatic carbocycles. The highest BCUT2D eigenvalue weighted by Crippen LogP contribution is 2.24. The summed E-state index contributed by atoms with van der Waals surface area (Å²) in [4.78, 5) is 11.9. The number of rotatable bonds is 8. The van der Waals surface area contributed by atoms with E-state index in [4.69, 9.17) is 4.74 Å². The fourth-order valence-electron chi connectivity index (χ4n) is 1.82. The molecule has 0 saturated carbocycles. The molecule has 1 rings (SSSR count). The highest BCUT2D eigenvalue weighted by molar-refractivity contribution is 9.10. The smallest absolute Gasteiger partial charge is 0.242 e. The van der Waals surface area contributed by atoms with Crippen molar-refractivity contribution < 1.29 is 9.53 Å². The maximum absolute atomic E-state index is 11.9. The van der Waals surface area contributed by atoms with E-state index >= 15 is 0 Å². The summed E-state index contributed by atoms with van der Waals surface area (Å²) in [5, 5.41) is 6.11. The lowest BCUT2D eigenvalue weighted by molar-refractivity contribution is -0.121. The molecule has 1 aromatic rings. The molecule has 112 valence electrons. The molecule has 0 fully saturated rings. The van der Waals surface area contributed by atoms with Crippen LogP contribution in [0.5, 0.6) is 5.75 Å². The predicted octanol–water partition coefficient (Wildman–Crippen LogP) is 3.56. The third-order valence-electron chi connectivity index (χ3n) is 2.96. The minimum atomic E-state index is -0.282. The van der Waals surface area contributed by atoms with Crippen LogP contribution in [0.1, 0.15) is 33.1 Å². The lowest BCUT2D eigenvalue weighted by atomic mass is 10.2. The zero-order chi connectivity index (χ0) is 15.0. The number of amides is 1. The lowest BCUT2D eigenvalue weighted by Crippen LogP contribution is -2.38. The van der Waals surface area contributed by atoms with Gasteiger partial charge in [0.15, 0.2) is 0 Å². The molecule has 1 atom stereocenters. The van der Waals surface area contributed by atoms with Gasteiger partial charge in [0.25, 0.3) is 0 Å². The van der Waals surface area contributed by atoms with E-state index in [1.807, 2.05) is 25.1 Å². The van der Waals surface area contributed by atoms with Gasteiger partial charge >= 0.3 is 0 Å². The number of hydrogen-bond donors (Lipinski definition) is 2. The first-order chi connectivity index (χ1) is 9.56. The van der Waals surface area contributed by atoms with Crippen molar-refractivity contribution in [3.8, 4) is 5.75 Å². The summed E-state index contributed by atoms with van der Waals surface area (Å²) in [5.41, 5.74) is 0.854. The molecule has 1 aromatic carbocycles. The van der Waals surface area contributed by atoms with Gasteiger partial charge in [-0.05, 0) is 25.5 Å². The summed E-state index contributed by atoms with van der Waals surface area (Å²) in [6.07, 6.45) is 3.33. The Labute approximate surface area is 129 Å². The van der Waals surface area contributed by atoms with Crippen LogP contribution in [0.2, 0.25) is 0 Å². The third-order valence-corrected chi connectivity index (χ3v) is 3.42. The molecular formula is C15H23BrN2O2. The Morgan fingerprint density at radius 1 is 1.35 bits per heavy atom. The maximum Gasteiger partial charge on any atom is 0.242 e. The van der Waals surface area contributed by atoms with Crippen molar-refractivity contribution in [2.24, 2.45) is 0 Å². The molecule has 0 aromatic heterocycles. The Bertz CT molecular complexity index is 438. The second-order valence-corrected chi connectivity index (χ2v) is 5.66. The highest BCUT2D eigenvalue weighted by Gasteiger charge is 2.12. The number of nitrogens with one attached hydrogen (secondary N) is 2. The number of carbonyl (C=O) groups is 1. The number of unbranched alkanes of at least 4 members (excludes halogenated alkanes) is 2. The van der Waals surface area contributed by atoms with Crippen molar-refractivity contribution >= 4 is 27.5 Å². The third kappa shape index (κ3) is 5.82. The quantitative estimate of drug-likeness (QED) is 0.710. The van der Waals surface area contributed by atoms with E-state index in [-0.39, 0.29) is 11.9 Å². The van der Waals surface area contributed by atoms with Crippen LogP contribution in [0.4, 0.5) is 5.69 Å². The van der Waals surface area contributed by atoms with Crippen LogP contribution < -0.4 is 15.4 Å². The van der Waals surface area contributed by atoms with Crippen LogP contribution in [-0.2, 0) is 4.79 Å². The number of anilines is 1. The van der Waals surface area contributed by atoms with Gasteiger partial charge in [-0.15, -0.1) is 0 Å². The Morgan fingerprint density at radius 2 is 2.10 bits per heavy atom. The molecule has 4 nitrogen and oxygen atoms in total. The van der Waals surface area contributed by atoms with Gasteiger partial charge in [-0.3, -0.25) is 4.79 Å². The maximum atomic E-state index is 11.9. The molecule has 20 heavy (non-hydrogen) atoms. The molecule has 2 N–H and O–H groups in total. The molecule has 0 saturated heterocycles. The van der Waals surface area contributed by atoms with Crippen molar-refractivity contribution in [1.29, 1.82) is 0 Å². The van der Waals surface area contributed by atoms with Crippen molar-refractivity contribution in [1.82, 2.24) is 5.32 Å². The van der Waals surface area contributed by atoms with E-state index in [0.717, 1.165) is 41.7 Å². The van der Waals surface area contributed by atoms with Gasteiger partial charge in [-0.25, -0.2) is 0 Å². The summed E-state index contributed by atoms with van der Waals surface area (Å²) >= 11 is 3.42. The monoisotopic (exact) mass is 342 g/mol. The molecule has 1 amide bonds. The van der Waals surface area contributed by atoms with E-state index in [2.05, 4.69) is 33.5 Å². The lowest BCUT2D eigenvalue weighted by Gasteiger charge is -2.16. The van der Waals surface area contributed by atoms with E-state index in [1.54, 1.807) is 7.11 Å². The second kappa shape index (κ2) is 8.84. The van der Waals surface area contributed by atoms with Crippen LogP contribution in [0.3, 0.4) is 0 Å². The average molecular weight is 343 g/mol. The van der Waals surface area contributed by atoms with Gasteiger partial charge in [0.2, 0.25) is 5.91 Å². The molecule has 0 heterocycles. The SMILES string of the molecule is CCCCCNC(=O)C(C)Nc1cc(Br)cc(OC)c1. The molecule has 0 bridgehead atoms. The molecule has 0 spiro atoms. The first-order valence-electron chi connectivity index (χ1n) is 6.95. The molecule has 0 aliphatic rings. The van der Waals surface area contributed by atoms with Crippen molar-refractivity contribution in [2.45, 2.75) is 39.2 Å². The van der Waals surface area contributed by atoms with E-state index < -0.39 is 0 Å². The first-order valence-corrected chi connectivity index (χ1v) is 7.75. The Morgan fingerprint density at radius 3 is 2.75 bits per heavy atom. The van der Waals surface area contributed by atoms with Gasteiger partial charge in [0, 0.05) is 22.8 Å². The number of ether oxygens (including phenoxy) is 1. The largest absolute Gasteiger partial charge is 0.497 e. The second-order valence-electron chi connectivity index (χ2n) is 4.74. The topological polar surface area (TPSA) is 50.4 Å². The highest BCUT2D eigenvalue weighted by atomic mass is 79.9. The minimum absolute atomic E-state index is 0.0139. The number of methoxy groups -OCH3 is 1. The molecule has 0 aliphatic heterocycles. The number of hydrogen-bond acceptors (Lipinski definition) is 3.